The van der Waals surface area contributed by atoms with Crippen molar-refractivity contribution in [1.29, 1.82) is 5.41 Å². The Bertz CT molecular complexity index is 452. The van der Waals surface area contributed by atoms with Gasteiger partial charge in [0.25, 0.3) is 5.91 Å². The van der Waals surface area contributed by atoms with Gasteiger partial charge in [-0.2, -0.15) is 5.06 Å². The number of rotatable bonds is 1. The van der Waals surface area contributed by atoms with Crippen LogP contribution in [0, 0.1) is 5.41 Å². The predicted molar refractivity (Wildman–Crippen MR) is 64.9 cm³/mol. The summed E-state index contributed by atoms with van der Waals surface area (Å²) >= 11 is 2.21. The van der Waals surface area contributed by atoms with Crippen LogP contribution >= 0.6 is 23.5 Å². The van der Waals surface area contributed by atoms with Crippen LogP contribution in [0.25, 0.3) is 0 Å². The molecule has 0 spiro atoms. The molecule has 1 atom stereocenters. The zero-order chi connectivity index (χ0) is 11.7. The number of anilines is 1. The first kappa shape index (κ1) is 11.3. The number of carbonyl (C=O) groups excluding carboxylic acids is 1. The van der Waals surface area contributed by atoms with Gasteiger partial charge in [0.1, 0.15) is 4.58 Å². The van der Waals surface area contributed by atoms with Crippen LogP contribution in [-0.4, -0.2) is 20.9 Å². The lowest BCUT2D eigenvalue weighted by Gasteiger charge is -2.28. The van der Waals surface area contributed by atoms with Gasteiger partial charge in [-0.3, -0.25) is 15.4 Å². The molecule has 84 valence electrons. The molecule has 0 bridgehead atoms. The molecule has 1 aromatic rings. The lowest BCUT2D eigenvalue weighted by atomic mass is 10.3. The quantitative estimate of drug-likeness (QED) is 0.401. The van der Waals surface area contributed by atoms with E-state index in [1.807, 2.05) is 12.1 Å². The van der Waals surface area contributed by atoms with Crippen molar-refractivity contribution in [3.8, 4) is 0 Å². The fourth-order valence-electron chi connectivity index (χ4n) is 1.31. The molecule has 5 nitrogen and oxygen atoms in total. The first-order chi connectivity index (χ1) is 7.59. The smallest absolute Gasteiger partial charge is 0.274 e. The highest BCUT2D eigenvalue weighted by atomic mass is 32.2. The molecule has 1 aliphatic rings. The van der Waals surface area contributed by atoms with Gasteiger partial charge in [0.15, 0.2) is 5.17 Å². The number of benzene rings is 1. The molecule has 0 unspecified atom stereocenters. The monoisotopic (exact) mass is 255 g/mol. The van der Waals surface area contributed by atoms with Crippen LogP contribution in [0.3, 0.4) is 0 Å². The van der Waals surface area contributed by atoms with Crippen LogP contribution in [-0.2, 0) is 4.79 Å². The third-order valence-electron chi connectivity index (χ3n) is 1.97. The minimum absolute atomic E-state index is 0.140. The second kappa shape index (κ2) is 4.36. The maximum absolute atomic E-state index is 11.7. The highest BCUT2D eigenvalue weighted by molar-refractivity contribution is 8.25. The molecule has 0 fully saturated rings. The molecule has 1 amide bonds. The fourth-order valence-corrected chi connectivity index (χ4v) is 3.42. The van der Waals surface area contributed by atoms with Gasteiger partial charge in [0, 0.05) is 4.90 Å². The van der Waals surface area contributed by atoms with E-state index in [0.717, 1.165) is 16.7 Å². The van der Waals surface area contributed by atoms with E-state index >= 15 is 0 Å². The minimum atomic E-state index is -0.600. The number of fused-ring (bicyclic) bond motifs is 1. The van der Waals surface area contributed by atoms with Crippen LogP contribution in [0.1, 0.15) is 0 Å². The zero-order valence-corrected chi connectivity index (χ0v) is 9.72. The van der Waals surface area contributed by atoms with E-state index in [0.29, 0.717) is 10.8 Å². The van der Waals surface area contributed by atoms with E-state index in [9.17, 15) is 10.0 Å². The Labute approximate surface area is 100 Å². The van der Waals surface area contributed by atoms with Gasteiger partial charge in [0.2, 0.25) is 0 Å². The van der Waals surface area contributed by atoms with Crippen molar-refractivity contribution in [2.75, 3.05) is 5.06 Å². The van der Waals surface area contributed by atoms with E-state index < -0.39 is 10.5 Å². The SMILES string of the molecule is N=C(N)S[C@@H]1Sc2ccccc2N(O)C1=O. The Morgan fingerprint density at radius 1 is 1.56 bits per heavy atom. The van der Waals surface area contributed by atoms with Gasteiger partial charge in [-0.05, 0) is 12.1 Å². The van der Waals surface area contributed by atoms with Gasteiger partial charge < -0.3 is 5.73 Å². The number of hydroxylamine groups is 1. The number of nitrogens with zero attached hydrogens (tertiary/aromatic N) is 1. The Kier molecular flexibility index (Phi) is 3.08. The van der Waals surface area contributed by atoms with E-state index in [2.05, 4.69) is 0 Å². The molecule has 0 aromatic heterocycles. The number of amides is 1. The molecule has 0 saturated carbocycles. The molecule has 0 radical (unpaired) electrons. The summed E-state index contributed by atoms with van der Waals surface area (Å²) in [6, 6.07) is 7.04. The zero-order valence-electron chi connectivity index (χ0n) is 8.08. The standard InChI is InChI=1S/C9H9N3O2S2/c10-9(11)16-8-7(13)12(14)5-3-1-2-4-6(5)15-8/h1-4,8,14H,(H3,10,11)/t8-/m0/s1. The second-order valence-corrected chi connectivity index (χ2v) is 5.64. The number of thioether (sulfide) groups is 2. The van der Waals surface area contributed by atoms with Crippen LogP contribution < -0.4 is 10.8 Å². The van der Waals surface area contributed by atoms with Gasteiger partial charge in [-0.1, -0.05) is 35.7 Å². The fraction of sp³-hybridized carbons (Fsp3) is 0.111. The Morgan fingerprint density at radius 2 is 2.25 bits per heavy atom. The topological polar surface area (TPSA) is 90.4 Å². The summed E-state index contributed by atoms with van der Waals surface area (Å²) in [5.74, 6) is -0.469. The molecule has 0 saturated heterocycles. The summed E-state index contributed by atoms with van der Waals surface area (Å²) in [5.41, 5.74) is 5.70. The van der Waals surface area contributed by atoms with Gasteiger partial charge >= 0.3 is 0 Å². The predicted octanol–water partition coefficient (Wildman–Crippen LogP) is 1.47. The van der Waals surface area contributed by atoms with E-state index in [4.69, 9.17) is 11.1 Å². The van der Waals surface area contributed by atoms with Crippen LogP contribution in [0.15, 0.2) is 29.2 Å². The van der Waals surface area contributed by atoms with Crippen molar-refractivity contribution in [2.45, 2.75) is 9.48 Å². The second-order valence-electron chi connectivity index (χ2n) is 3.05. The highest BCUT2D eigenvalue weighted by Gasteiger charge is 2.33. The van der Waals surface area contributed by atoms with Gasteiger partial charge in [-0.15, -0.1) is 0 Å². The Balaban J connectivity index is 2.32. The van der Waals surface area contributed by atoms with Crippen LogP contribution in [0.2, 0.25) is 0 Å². The molecule has 1 aliphatic heterocycles. The minimum Gasteiger partial charge on any atom is -0.379 e. The number of amidine groups is 1. The van der Waals surface area contributed by atoms with E-state index in [1.165, 1.54) is 11.8 Å². The molecule has 4 N–H and O–H groups in total. The maximum Gasteiger partial charge on any atom is 0.274 e. The molecule has 2 rings (SSSR count). The van der Waals surface area contributed by atoms with E-state index in [1.54, 1.807) is 12.1 Å². The molecular formula is C9H9N3O2S2. The third kappa shape index (κ3) is 2.01. The molecule has 0 aliphatic carbocycles. The van der Waals surface area contributed by atoms with Crippen LogP contribution in [0.4, 0.5) is 5.69 Å². The number of nitrogens with two attached hydrogens (primary N) is 1. The van der Waals surface area contributed by atoms with Gasteiger partial charge in [-0.25, -0.2) is 0 Å². The molecular weight excluding hydrogens is 246 g/mol. The number of nitrogens with one attached hydrogen (secondary N) is 1. The maximum atomic E-state index is 11.7. The largest absolute Gasteiger partial charge is 0.379 e. The molecule has 16 heavy (non-hydrogen) atoms. The van der Waals surface area contributed by atoms with E-state index in [-0.39, 0.29) is 5.17 Å². The Hall–Kier alpha value is -1.18. The first-order valence-corrected chi connectivity index (χ1v) is 6.14. The summed E-state index contributed by atoms with van der Waals surface area (Å²) in [6.07, 6.45) is 0. The summed E-state index contributed by atoms with van der Waals surface area (Å²) < 4.78 is -0.600. The lowest BCUT2D eigenvalue weighted by molar-refractivity contribution is -0.121. The summed E-state index contributed by atoms with van der Waals surface area (Å²) in [5, 5.41) is 17.3. The molecule has 1 aromatic carbocycles. The number of hydrogen-bond donors (Lipinski definition) is 3. The lowest BCUT2D eigenvalue weighted by Crippen LogP contribution is -2.38. The first-order valence-electron chi connectivity index (χ1n) is 4.39. The average molecular weight is 255 g/mol. The normalized spacial score (nSPS) is 19.4. The van der Waals surface area contributed by atoms with Crippen molar-refractivity contribution in [3.05, 3.63) is 24.3 Å². The number of hydrogen-bond acceptors (Lipinski definition) is 5. The molecule has 1 heterocycles. The van der Waals surface area contributed by atoms with Gasteiger partial charge in [0.05, 0.1) is 5.69 Å². The highest BCUT2D eigenvalue weighted by Crippen LogP contribution is 2.42. The van der Waals surface area contributed by atoms with Crippen molar-refractivity contribution >= 4 is 40.3 Å². The number of para-hydroxylation sites is 1. The van der Waals surface area contributed by atoms with Crippen molar-refractivity contribution < 1.29 is 10.0 Å². The van der Waals surface area contributed by atoms with Crippen molar-refractivity contribution in [2.24, 2.45) is 5.73 Å². The third-order valence-corrected chi connectivity index (χ3v) is 4.23. The summed E-state index contributed by atoms with van der Waals surface area (Å²) in [4.78, 5) is 12.5. The summed E-state index contributed by atoms with van der Waals surface area (Å²) in [6.45, 7) is 0. The van der Waals surface area contributed by atoms with Crippen LogP contribution in [0.5, 0.6) is 0 Å². The summed E-state index contributed by atoms with van der Waals surface area (Å²) in [7, 11) is 0. The number of carbonyl (C=O) groups is 1. The van der Waals surface area contributed by atoms with Crippen molar-refractivity contribution in [3.63, 3.8) is 0 Å². The Morgan fingerprint density at radius 3 is 2.94 bits per heavy atom. The average Bonchev–Trinajstić information content (AvgIpc) is 2.25. The molecule has 7 heteroatoms. The van der Waals surface area contributed by atoms with Crippen molar-refractivity contribution in [1.82, 2.24) is 0 Å².